The maximum absolute atomic E-state index is 13.2. The summed E-state index contributed by atoms with van der Waals surface area (Å²) in [6.45, 7) is 1.36. The van der Waals surface area contributed by atoms with Crippen molar-refractivity contribution in [2.24, 2.45) is 0 Å². The van der Waals surface area contributed by atoms with E-state index in [2.05, 4.69) is 15.0 Å². The molecule has 0 saturated carbocycles. The molecule has 3 rings (SSSR count). The van der Waals surface area contributed by atoms with Crippen LogP contribution >= 0.6 is 11.6 Å². The fourth-order valence-electron chi connectivity index (χ4n) is 2.75. The Hall–Kier alpha value is -2.20. The Kier molecular flexibility index (Phi) is 6.50. The van der Waals surface area contributed by atoms with Gasteiger partial charge in [0.25, 0.3) is 0 Å². The van der Waals surface area contributed by atoms with Crippen molar-refractivity contribution < 1.29 is 22.7 Å². The van der Waals surface area contributed by atoms with E-state index < -0.39 is 16.0 Å². The highest BCUT2D eigenvalue weighted by molar-refractivity contribution is 7.89. The zero-order valence-corrected chi connectivity index (χ0v) is 16.8. The molecule has 0 radical (unpaired) electrons. The number of sulfonamides is 1. The van der Waals surface area contributed by atoms with Crippen molar-refractivity contribution in [2.75, 3.05) is 38.7 Å². The van der Waals surface area contributed by atoms with E-state index in [-0.39, 0.29) is 35.9 Å². The lowest BCUT2D eigenvalue weighted by atomic mass is 10.2. The molecule has 1 aromatic carbocycles. The zero-order valence-electron chi connectivity index (χ0n) is 15.2. The van der Waals surface area contributed by atoms with Gasteiger partial charge in [0.2, 0.25) is 10.0 Å². The molecule has 28 heavy (non-hydrogen) atoms. The number of benzene rings is 1. The van der Waals surface area contributed by atoms with Gasteiger partial charge in [-0.3, -0.25) is 0 Å². The maximum atomic E-state index is 13.2. The number of anilines is 1. The normalized spacial score (nSPS) is 15.2. The number of pyridine rings is 1. The molecule has 1 saturated heterocycles. The first-order chi connectivity index (χ1) is 13.4. The van der Waals surface area contributed by atoms with Gasteiger partial charge in [0.05, 0.1) is 25.9 Å². The lowest BCUT2D eigenvalue weighted by Crippen LogP contribution is -2.41. The smallest absolute Gasteiger partial charge is 0.339 e. The number of hydrogen-bond acceptors (Lipinski definition) is 7. The van der Waals surface area contributed by atoms with Crippen molar-refractivity contribution in [1.29, 1.82) is 0 Å². The Balaban J connectivity index is 1.96. The molecule has 0 aliphatic carbocycles. The van der Waals surface area contributed by atoms with Crippen LogP contribution in [0.5, 0.6) is 0 Å². The van der Waals surface area contributed by atoms with Crippen LogP contribution in [-0.2, 0) is 26.0 Å². The van der Waals surface area contributed by atoms with Crippen LogP contribution in [-0.4, -0.2) is 57.1 Å². The first-order valence-corrected chi connectivity index (χ1v) is 10.4. The third-order valence-corrected chi connectivity index (χ3v) is 6.55. The van der Waals surface area contributed by atoms with Gasteiger partial charge in [-0.25, -0.2) is 18.2 Å². The monoisotopic (exact) mass is 425 g/mol. The van der Waals surface area contributed by atoms with Gasteiger partial charge in [-0.05, 0) is 17.7 Å². The van der Waals surface area contributed by atoms with Gasteiger partial charge in [-0.2, -0.15) is 4.31 Å². The van der Waals surface area contributed by atoms with E-state index in [0.29, 0.717) is 18.2 Å². The first-order valence-electron chi connectivity index (χ1n) is 8.57. The molecule has 1 aliphatic rings. The van der Waals surface area contributed by atoms with Gasteiger partial charge >= 0.3 is 5.97 Å². The van der Waals surface area contributed by atoms with Gasteiger partial charge in [-0.15, -0.1) is 0 Å². The molecule has 10 heteroatoms. The zero-order chi connectivity index (χ0) is 20.1. The van der Waals surface area contributed by atoms with Gasteiger partial charge < -0.3 is 14.8 Å². The summed E-state index contributed by atoms with van der Waals surface area (Å²) in [5.41, 5.74) is 0.843. The predicted octanol–water partition coefficient (Wildman–Crippen LogP) is 2.15. The molecule has 2 heterocycles. The van der Waals surface area contributed by atoms with E-state index >= 15 is 0 Å². The first kappa shape index (κ1) is 20.5. The fraction of sp³-hybridized carbons (Fsp3) is 0.333. The van der Waals surface area contributed by atoms with Crippen LogP contribution in [0, 0.1) is 0 Å². The molecular formula is C18H20ClN3O5S. The van der Waals surface area contributed by atoms with Gasteiger partial charge in [0.1, 0.15) is 10.7 Å². The number of methoxy groups -OCH3 is 1. The van der Waals surface area contributed by atoms with E-state index in [4.69, 9.17) is 16.3 Å². The van der Waals surface area contributed by atoms with Crippen LogP contribution in [0.3, 0.4) is 0 Å². The molecule has 0 bridgehead atoms. The van der Waals surface area contributed by atoms with Crippen molar-refractivity contribution in [3.8, 4) is 0 Å². The number of nitrogens with zero attached hydrogens (tertiary/aromatic N) is 2. The van der Waals surface area contributed by atoms with Crippen molar-refractivity contribution in [3.63, 3.8) is 0 Å². The largest absolute Gasteiger partial charge is 0.465 e. The SMILES string of the molecule is COC(=O)c1cnc(NCc2ccccc2Cl)c(S(=O)(=O)N2CCOCC2)c1. The molecule has 150 valence electrons. The molecular weight excluding hydrogens is 406 g/mol. The minimum Gasteiger partial charge on any atom is -0.465 e. The van der Waals surface area contributed by atoms with Gasteiger partial charge in [0, 0.05) is 30.9 Å². The Morgan fingerprint density at radius 3 is 2.71 bits per heavy atom. The van der Waals surface area contributed by atoms with Gasteiger partial charge in [0.15, 0.2) is 0 Å². The third-order valence-electron chi connectivity index (χ3n) is 4.27. The summed E-state index contributed by atoms with van der Waals surface area (Å²) in [5.74, 6) is -0.525. The van der Waals surface area contributed by atoms with Crippen LogP contribution in [0.4, 0.5) is 5.82 Å². The Morgan fingerprint density at radius 2 is 2.04 bits per heavy atom. The van der Waals surface area contributed by atoms with E-state index in [1.54, 1.807) is 6.07 Å². The molecule has 1 aliphatic heterocycles. The summed E-state index contributed by atoms with van der Waals surface area (Å²) >= 11 is 6.17. The Morgan fingerprint density at radius 1 is 1.32 bits per heavy atom. The van der Waals surface area contributed by atoms with Crippen molar-refractivity contribution in [2.45, 2.75) is 11.4 Å². The highest BCUT2D eigenvalue weighted by Gasteiger charge is 2.30. The number of rotatable bonds is 6. The summed E-state index contributed by atoms with van der Waals surface area (Å²) in [4.78, 5) is 15.9. The summed E-state index contributed by atoms with van der Waals surface area (Å²) in [5, 5.41) is 3.57. The third kappa shape index (κ3) is 4.44. The summed E-state index contributed by atoms with van der Waals surface area (Å²) < 4.78 is 37.6. The van der Waals surface area contributed by atoms with Crippen LogP contribution in [0.25, 0.3) is 0 Å². The molecule has 1 fully saturated rings. The van der Waals surface area contributed by atoms with Crippen LogP contribution in [0.2, 0.25) is 5.02 Å². The summed E-state index contributed by atoms with van der Waals surface area (Å²) in [6.07, 6.45) is 1.28. The Bertz CT molecular complexity index is 961. The number of hydrogen-bond donors (Lipinski definition) is 1. The summed E-state index contributed by atoms with van der Waals surface area (Å²) in [7, 11) is -2.66. The van der Waals surface area contributed by atoms with Crippen LogP contribution in [0.15, 0.2) is 41.4 Å². The standard InChI is InChI=1S/C18H20ClN3O5S/c1-26-18(23)14-10-16(28(24,25)22-6-8-27-9-7-22)17(21-12-14)20-11-13-4-2-3-5-15(13)19/h2-5,10,12H,6-9,11H2,1H3,(H,20,21). The Labute approximate surface area is 168 Å². The second kappa shape index (κ2) is 8.87. The minimum atomic E-state index is -3.88. The van der Waals surface area contributed by atoms with Crippen molar-refractivity contribution >= 4 is 33.4 Å². The highest BCUT2D eigenvalue weighted by atomic mass is 35.5. The lowest BCUT2D eigenvalue weighted by molar-refractivity contribution is 0.0600. The van der Waals surface area contributed by atoms with Crippen molar-refractivity contribution in [3.05, 3.63) is 52.7 Å². The number of carbonyl (C=O) groups is 1. The van der Waals surface area contributed by atoms with E-state index in [1.165, 1.54) is 23.7 Å². The van der Waals surface area contributed by atoms with Crippen molar-refractivity contribution in [1.82, 2.24) is 9.29 Å². The number of ether oxygens (including phenoxy) is 2. The average molecular weight is 426 g/mol. The molecule has 0 unspecified atom stereocenters. The number of nitrogens with one attached hydrogen (secondary N) is 1. The van der Waals surface area contributed by atoms with Crippen LogP contribution in [0.1, 0.15) is 15.9 Å². The van der Waals surface area contributed by atoms with E-state index in [9.17, 15) is 13.2 Å². The molecule has 1 N–H and O–H groups in total. The molecule has 0 spiro atoms. The molecule has 2 aromatic rings. The van der Waals surface area contributed by atoms with E-state index in [1.807, 2.05) is 18.2 Å². The quantitative estimate of drug-likeness (QED) is 0.708. The maximum Gasteiger partial charge on any atom is 0.339 e. The number of halogens is 1. The highest BCUT2D eigenvalue weighted by Crippen LogP contribution is 2.26. The number of aromatic nitrogens is 1. The topological polar surface area (TPSA) is 97.8 Å². The summed E-state index contributed by atoms with van der Waals surface area (Å²) in [6, 6.07) is 8.50. The number of esters is 1. The number of morpholine rings is 1. The molecule has 0 amide bonds. The molecule has 1 aromatic heterocycles. The average Bonchev–Trinajstić information content (AvgIpc) is 2.73. The lowest BCUT2D eigenvalue weighted by Gasteiger charge is -2.27. The number of carbonyl (C=O) groups excluding carboxylic acids is 1. The van der Waals surface area contributed by atoms with Crippen LogP contribution < -0.4 is 5.32 Å². The predicted molar refractivity (Wildman–Crippen MR) is 104 cm³/mol. The minimum absolute atomic E-state index is 0.0534. The fourth-order valence-corrected chi connectivity index (χ4v) is 4.51. The van der Waals surface area contributed by atoms with Gasteiger partial charge in [-0.1, -0.05) is 29.8 Å². The molecule has 8 nitrogen and oxygen atoms in total. The molecule has 0 atom stereocenters. The second-order valence-electron chi connectivity index (χ2n) is 6.02. The second-order valence-corrected chi connectivity index (χ2v) is 8.34. The van der Waals surface area contributed by atoms with E-state index in [0.717, 1.165) is 5.56 Å².